The number of benzene rings is 2. The number of aryl methyl sites for hydroxylation is 1. The smallest absolute Gasteiger partial charge is 0.261 e. The first-order chi connectivity index (χ1) is 13.9. The number of nitrogens with zero attached hydrogens (tertiary/aromatic N) is 2. The number of hydrogen-bond donors (Lipinski definition) is 1. The number of hydrogen-bond acceptors (Lipinski definition) is 5. The second-order valence-corrected chi connectivity index (χ2v) is 6.78. The van der Waals surface area contributed by atoms with Gasteiger partial charge in [-0.25, -0.2) is 4.98 Å². The first-order valence-electron chi connectivity index (χ1n) is 9.49. The van der Waals surface area contributed by atoms with Gasteiger partial charge in [0.25, 0.3) is 5.56 Å². The fraction of sp³-hybridized carbons (Fsp3) is 0.318. The minimum Gasteiger partial charge on any atom is -0.493 e. The van der Waals surface area contributed by atoms with Crippen LogP contribution in [-0.2, 0) is 11.3 Å². The van der Waals surface area contributed by atoms with Crippen molar-refractivity contribution >= 4 is 16.8 Å². The van der Waals surface area contributed by atoms with E-state index >= 15 is 0 Å². The van der Waals surface area contributed by atoms with Gasteiger partial charge in [0.2, 0.25) is 5.91 Å². The number of nitrogens with one attached hydrogen (secondary N) is 1. The Morgan fingerprint density at radius 1 is 1.24 bits per heavy atom. The molecule has 1 heterocycles. The molecule has 1 aromatic heterocycles. The van der Waals surface area contributed by atoms with Crippen molar-refractivity contribution in [2.75, 3.05) is 13.7 Å². The lowest BCUT2D eigenvalue weighted by molar-refractivity contribution is -0.122. The molecule has 0 saturated heterocycles. The second kappa shape index (κ2) is 8.77. The minimum absolute atomic E-state index is 0.103. The standard InChI is InChI=1S/C22H25N3O4/c1-5-29-18-10-9-16(11-19(18)28-4)15(3)24-20(26)12-25-13-23-21-14(2)7-6-8-17(21)22(25)27/h6-11,13,15H,5,12H2,1-4H3,(H,24,26). The molecule has 0 spiro atoms. The summed E-state index contributed by atoms with van der Waals surface area (Å²) in [5.74, 6) is 0.985. The van der Waals surface area contributed by atoms with Crippen LogP contribution in [0.2, 0.25) is 0 Å². The van der Waals surface area contributed by atoms with Gasteiger partial charge in [-0.2, -0.15) is 0 Å². The summed E-state index contributed by atoms with van der Waals surface area (Å²) in [5.41, 5.74) is 2.22. The zero-order valence-electron chi connectivity index (χ0n) is 17.1. The molecule has 0 saturated carbocycles. The van der Waals surface area contributed by atoms with Crippen molar-refractivity contribution in [3.8, 4) is 11.5 Å². The van der Waals surface area contributed by atoms with Crippen molar-refractivity contribution in [1.82, 2.24) is 14.9 Å². The molecule has 1 atom stereocenters. The maximum absolute atomic E-state index is 12.7. The third-order valence-corrected chi connectivity index (χ3v) is 4.73. The maximum Gasteiger partial charge on any atom is 0.261 e. The molecule has 1 unspecified atom stereocenters. The van der Waals surface area contributed by atoms with E-state index in [1.54, 1.807) is 13.2 Å². The highest BCUT2D eigenvalue weighted by Crippen LogP contribution is 2.30. The summed E-state index contributed by atoms with van der Waals surface area (Å²) in [6.45, 7) is 6.11. The van der Waals surface area contributed by atoms with Gasteiger partial charge in [-0.05, 0) is 50.1 Å². The van der Waals surface area contributed by atoms with E-state index in [4.69, 9.17) is 9.47 Å². The number of methoxy groups -OCH3 is 1. The Kier molecular flexibility index (Phi) is 6.16. The second-order valence-electron chi connectivity index (χ2n) is 6.78. The van der Waals surface area contributed by atoms with Crippen LogP contribution >= 0.6 is 0 Å². The fourth-order valence-corrected chi connectivity index (χ4v) is 3.20. The molecule has 0 aliphatic carbocycles. The summed E-state index contributed by atoms with van der Waals surface area (Å²) < 4.78 is 12.2. The first-order valence-corrected chi connectivity index (χ1v) is 9.49. The molecule has 7 nitrogen and oxygen atoms in total. The molecule has 29 heavy (non-hydrogen) atoms. The fourth-order valence-electron chi connectivity index (χ4n) is 3.20. The van der Waals surface area contributed by atoms with Crippen molar-refractivity contribution in [2.24, 2.45) is 0 Å². The Bertz CT molecular complexity index is 1090. The average molecular weight is 395 g/mol. The normalized spacial score (nSPS) is 11.9. The number of rotatable bonds is 7. The lowest BCUT2D eigenvalue weighted by atomic mass is 10.1. The van der Waals surface area contributed by atoms with Crippen molar-refractivity contribution in [2.45, 2.75) is 33.4 Å². The van der Waals surface area contributed by atoms with Crippen LogP contribution in [0, 0.1) is 6.92 Å². The molecule has 1 N–H and O–H groups in total. The highest BCUT2D eigenvalue weighted by atomic mass is 16.5. The van der Waals surface area contributed by atoms with Crippen molar-refractivity contribution in [1.29, 1.82) is 0 Å². The molecule has 0 aliphatic rings. The van der Waals surface area contributed by atoms with Gasteiger partial charge in [-0.15, -0.1) is 0 Å². The van der Waals surface area contributed by atoms with Crippen molar-refractivity contribution in [3.05, 3.63) is 64.2 Å². The molecule has 0 aliphatic heterocycles. The van der Waals surface area contributed by atoms with Gasteiger partial charge in [0.1, 0.15) is 6.54 Å². The number of carbonyl (C=O) groups excluding carboxylic acids is 1. The van der Waals surface area contributed by atoms with Gasteiger partial charge in [0.15, 0.2) is 11.5 Å². The van der Waals surface area contributed by atoms with Gasteiger partial charge in [0.05, 0.1) is 37.0 Å². The molecule has 0 fully saturated rings. The SMILES string of the molecule is CCOc1ccc(C(C)NC(=O)Cn2cnc3c(C)cccc3c2=O)cc1OC. The Balaban J connectivity index is 1.75. The van der Waals surface area contributed by atoms with Gasteiger partial charge in [-0.1, -0.05) is 18.2 Å². The van der Waals surface area contributed by atoms with Crippen LogP contribution in [0.25, 0.3) is 10.9 Å². The first kappa shape index (κ1) is 20.4. The topological polar surface area (TPSA) is 82.5 Å². The molecule has 152 valence electrons. The van der Waals surface area contributed by atoms with Crippen LogP contribution < -0.4 is 20.3 Å². The number of ether oxygens (including phenoxy) is 2. The van der Waals surface area contributed by atoms with E-state index in [1.807, 2.05) is 51.1 Å². The minimum atomic E-state index is -0.277. The summed E-state index contributed by atoms with van der Waals surface area (Å²) >= 11 is 0. The van der Waals surface area contributed by atoms with Crippen LogP contribution in [0.5, 0.6) is 11.5 Å². The average Bonchev–Trinajstić information content (AvgIpc) is 2.71. The highest BCUT2D eigenvalue weighted by molar-refractivity contribution is 5.81. The zero-order chi connectivity index (χ0) is 21.0. The van der Waals surface area contributed by atoms with Crippen LogP contribution in [0.1, 0.15) is 31.0 Å². The van der Waals surface area contributed by atoms with E-state index < -0.39 is 0 Å². The third-order valence-electron chi connectivity index (χ3n) is 4.73. The third kappa shape index (κ3) is 4.39. The lowest BCUT2D eigenvalue weighted by Gasteiger charge is -2.17. The summed E-state index contributed by atoms with van der Waals surface area (Å²) in [5, 5.41) is 3.42. The molecule has 3 aromatic rings. The molecule has 7 heteroatoms. The van der Waals surface area contributed by atoms with Crippen LogP contribution in [-0.4, -0.2) is 29.2 Å². The Morgan fingerprint density at radius 3 is 2.76 bits per heavy atom. The zero-order valence-corrected chi connectivity index (χ0v) is 17.1. The number of amides is 1. The van der Waals surface area contributed by atoms with Crippen molar-refractivity contribution in [3.63, 3.8) is 0 Å². The van der Waals surface area contributed by atoms with E-state index in [1.165, 1.54) is 10.9 Å². The Morgan fingerprint density at radius 2 is 2.03 bits per heavy atom. The monoisotopic (exact) mass is 395 g/mol. The number of para-hydroxylation sites is 1. The largest absolute Gasteiger partial charge is 0.493 e. The quantitative estimate of drug-likeness (QED) is 0.665. The predicted molar refractivity (Wildman–Crippen MR) is 111 cm³/mol. The molecule has 0 bridgehead atoms. The number of carbonyl (C=O) groups is 1. The summed E-state index contributed by atoms with van der Waals surface area (Å²) in [4.78, 5) is 29.5. The number of aromatic nitrogens is 2. The van der Waals surface area contributed by atoms with Crippen molar-refractivity contribution < 1.29 is 14.3 Å². The van der Waals surface area contributed by atoms with E-state index in [9.17, 15) is 9.59 Å². The van der Waals surface area contributed by atoms with Crippen LogP contribution in [0.3, 0.4) is 0 Å². The maximum atomic E-state index is 12.7. The molecular weight excluding hydrogens is 370 g/mol. The lowest BCUT2D eigenvalue weighted by Crippen LogP contribution is -2.34. The van der Waals surface area contributed by atoms with E-state index in [0.29, 0.717) is 29.0 Å². The van der Waals surface area contributed by atoms with E-state index in [-0.39, 0.29) is 24.1 Å². The van der Waals surface area contributed by atoms with Crippen LogP contribution in [0.4, 0.5) is 0 Å². The van der Waals surface area contributed by atoms with Gasteiger partial charge in [-0.3, -0.25) is 14.2 Å². The van der Waals surface area contributed by atoms with E-state index in [0.717, 1.165) is 11.1 Å². The summed E-state index contributed by atoms with van der Waals surface area (Å²) in [6.07, 6.45) is 1.42. The Labute approximate surface area is 169 Å². The Hall–Kier alpha value is -3.35. The molecule has 0 radical (unpaired) electrons. The van der Waals surface area contributed by atoms with Gasteiger partial charge in [0, 0.05) is 0 Å². The van der Waals surface area contributed by atoms with Gasteiger partial charge < -0.3 is 14.8 Å². The molecule has 1 amide bonds. The molecule has 2 aromatic carbocycles. The highest BCUT2D eigenvalue weighted by Gasteiger charge is 2.14. The van der Waals surface area contributed by atoms with E-state index in [2.05, 4.69) is 10.3 Å². The summed E-state index contributed by atoms with van der Waals surface area (Å²) in [7, 11) is 1.58. The molecular formula is C22H25N3O4. The predicted octanol–water partition coefficient (Wildman–Crippen LogP) is 2.99. The number of fused-ring (bicyclic) bond motifs is 1. The summed E-state index contributed by atoms with van der Waals surface area (Å²) in [6, 6.07) is 10.7. The van der Waals surface area contributed by atoms with Gasteiger partial charge >= 0.3 is 0 Å². The van der Waals surface area contributed by atoms with Crippen LogP contribution in [0.15, 0.2) is 47.5 Å². The molecule has 3 rings (SSSR count).